The number of urea groups is 1. The van der Waals surface area contributed by atoms with Crippen molar-refractivity contribution in [2.45, 2.75) is 103 Å². The van der Waals surface area contributed by atoms with Crippen LogP contribution in [0.5, 0.6) is 0 Å². The van der Waals surface area contributed by atoms with Crippen LogP contribution >= 0.6 is 11.8 Å². The summed E-state index contributed by atoms with van der Waals surface area (Å²) < 4.78 is 0. The van der Waals surface area contributed by atoms with Crippen molar-refractivity contribution in [2.75, 3.05) is 12.0 Å². The van der Waals surface area contributed by atoms with Crippen molar-refractivity contribution < 1.29 is 24.3 Å². The highest BCUT2D eigenvalue weighted by Gasteiger charge is 2.34. The fraction of sp³-hybridized carbons (Fsp3) is 0.613. The molecule has 1 aromatic carbocycles. The fourth-order valence-corrected chi connectivity index (χ4v) is 6.27. The minimum atomic E-state index is -1.12. The Bertz CT molecular complexity index is 1240. The number of carbonyl (C=O) groups is 4. The molecule has 42 heavy (non-hydrogen) atoms. The van der Waals surface area contributed by atoms with Crippen LogP contribution in [-0.4, -0.2) is 81.0 Å². The lowest BCUT2D eigenvalue weighted by Gasteiger charge is -2.39. The largest absolute Gasteiger partial charge is 0.480 e. The number of aryl methyl sites for hydroxylation is 1. The molecule has 232 valence electrons. The Labute approximate surface area is 253 Å². The third kappa shape index (κ3) is 8.65. The molecule has 0 radical (unpaired) electrons. The molecular weight excluding hydrogens is 554 g/mol. The van der Waals surface area contributed by atoms with Gasteiger partial charge in [-0.15, -0.1) is 0 Å². The van der Waals surface area contributed by atoms with Crippen molar-refractivity contribution in [3.63, 3.8) is 0 Å². The zero-order chi connectivity index (χ0) is 31.0. The summed E-state index contributed by atoms with van der Waals surface area (Å²) in [6.07, 6.45) is 5.55. The van der Waals surface area contributed by atoms with E-state index in [1.54, 1.807) is 0 Å². The van der Waals surface area contributed by atoms with E-state index in [0.29, 0.717) is 12.2 Å². The Morgan fingerprint density at radius 1 is 1.00 bits per heavy atom. The van der Waals surface area contributed by atoms with Gasteiger partial charge >= 0.3 is 12.0 Å². The highest BCUT2D eigenvalue weighted by atomic mass is 32.2. The number of carboxylic acid groups (broad SMARTS) is 1. The molecule has 1 aromatic heterocycles. The average Bonchev–Trinajstić information content (AvgIpc) is 3.24. The molecule has 5 N–H and O–H groups in total. The molecule has 1 aliphatic heterocycles. The van der Waals surface area contributed by atoms with Crippen molar-refractivity contribution in [1.29, 1.82) is 0 Å². The average molecular weight is 602 g/mol. The number of aromatic amines is 1. The Kier molecular flexibility index (Phi) is 12.1. The van der Waals surface area contributed by atoms with Crippen LogP contribution in [0.1, 0.15) is 71.1 Å². The number of thioether (sulfide) groups is 1. The molecule has 3 rings (SSSR count). The minimum absolute atomic E-state index is 0.0640. The number of carbonyl (C=O) groups excluding carboxylic acids is 3. The zero-order valence-corrected chi connectivity index (χ0v) is 26.5. The third-order valence-electron chi connectivity index (χ3n) is 8.04. The summed E-state index contributed by atoms with van der Waals surface area (Å²) in [5.74, 6) is -1.51. The lowest BCUT2D eigenvalue weighted by molar-refractivity contribution is -0.142. The van der Waals surface area contributed by atoms with Gasteiger partial charge in [0, 0.05) is 35.1 Å². The standard InChI is InChI=1S/C31H47N5O5S/c1-18(2)16-26(35-31(41)36-19(3)10-9-11-20(36)4)28(37)34-27(29(38)33-25(30(39)40)14-15-42-6)17-23-21(5)32-24-13-8-7-12-22(23)24/h7-8,12-13,18-20,25-27,32H,9-11,14-17H2,1-6H3,(H,33,38)(H,34,37)(H,35,41)(H,39,40)/t19-,20+,25-,26+,27-/m1/s1. The second kappa shape index (κ2) is 15.3. The monoisotopic (exact) mass is 601 g/mol. The van der Waals surface area contributed by atoms with Crippen LogP contribution in [0.3, 0.4) is 0 Å². The van der Waals surface area contributed by atoms with Gasteiger partial charge in [-0.2, -0.15) is 11.8 Å². The maximum absolute atomic E-state index is 13.8. The summed E-state index contributed by atoms with van der Waals surface area (Å²) >= 11 is 1.50. The zero-order valence-electron chi connectivity index (χ0n) is 25.7. The van der Waals surface area contributed by atoms with E-state index in [9.17, 15) is 24.3 Å². The normalized spacial score (nSPS) is 19.3. The number of carboxylic acids is 1. The Hall–Kier alpha value is -3.21. The highest BCUT2D eigenvalue weighted by Crippen LogP contribution is 2.24. The number of piperidine rings is 1. The number of aliphatic carboxylic acids is 1. The summed E-state index contributed by atoms with van der Waals surface area (Å²) in [4.78, 5) is 57.9. The van der Waals surface area contributed by atoms with Gasteiger partial charge in [0.25, 0.3) is 0 Å². The molecule has 2 aromatic rings. The van der Waals surface area contributed by atoms with Crippen molar-refractivity contribution in [3.8, 4) is 0 Å². The van der Waals surface area contributed by atoms with Gasteiger partial charge in [0.15, 0.2) is 0 Å². The number of likely N-dealkylation sites (tertiary alicyclic amines) is 1. The molecule has 0 aliphatic carbocycles. The molecule has 0 unspecified atom stereocenters. The summed E-state index contributed by atoms with van der Waals surface area (Å²) in [7, 11) is 0. The van der Waals surface area contributed by atoms with E-state index in [0.717, 1.165) is 41.4 Å². The van der Waals surface area contributed by atoms with Gasteiger partial charge in [0.2, 0.25) is 11.8 Å². The van der Waals surface area contributed by atoms with E-state index in [1.165, 1.54) is 11.8 Å². The van der Waals surface area contributed by atoms with Crippen molar-refractivity contribution in [2.24, 2.45) is 5.92 Å². The smallest absolute Gasteiger partial charge is 0.326 e. The number of nitrogens with zero attached hydrogens (tertiary/aromatic N) is 1. The van der Waals surface area contributed by atoms with Crippen LogP contribution in [0.25, 0.3) is 10.9 Å². The first kappa shape index (κ1) is 33.3. The Morgan fingerprint density at radius 3 is 2.24 bits per heavy atom. The molecule has 11 heteroatoms. The lowest BCUT2D eigenvalue weighted by atomic mass is 9.97. The molecule has 1 saturated heterocycles. The maximum atomic E-state index is 13.8. The van der Waals surface area contributed by atoms with E-state index in [2.05, 4.69) is 20.9 Å². The molecule has 2 heterocycles. The number of benzene rings is 1. The number of hydrogen-bond donors (Lipinski definition) is 5. The third-order valence-corrected chi connectivity index (χ3v) is 8.69. The number of H-pyrrole nitrogens is 1. The van der Waals surface area contributed by atoms with Crippen LogP contribution < -0.4 is 16.0 Å². The van der Waals surface area contributed by atoms with E-state index in [4.69, 9.17) is 0 Å². The van der Waals surface area contributed by atoms with Crippen LogP contribution in [0.4, 0.5) is 4.79 Å². The lowest BCUT2D eigenvalue weighted by Crippen LogP contribution is -2.59. The van der Waals surface area contributed by atoms with Crippen LogP contribution in [0.15, 0.2) is 24.3 Å². The van der Waals surface area contributed by atoms with Gasteiger partial charge in [-0.1, -0.05) is 32.0 Å². The van der Waals surface area contributed by atoms with Crippen molar-refractivity contribution in [3.05, 3.63) is 35.5 Å². The van der Waals surface area contributed by atoms with E-state index in [1.807, 2.05) is 70.0 Å². The van der Waals surface area contributed by atoms with Crippen molar-refractivity contribution >= 4 is 46.5 Å². The van der Waals surface area contributed by atoms with Crippen LogP contribution in [0, 0.1) is 12.8 Å². The van der Waals surface area contributed by atoms with Crippen LogP contribution in [-0.2, 0) is 20.8 Å². The van der Waals surface area contributed by atoms with Gasteiger partial charge in [-0.3, -0.25) is 9.59 Å². The van der Waals surface area contributed by atoms with Gasteiger partial charge in [0.1, 0.15) is 18.1 Å². The molecule has 5 atom stereocenters. The van der Waals surface area contributed by atoms with Gasteiger partial charge < -0.3 is 30.9 Å². The first-order chi connectivity index (χ1) is 19.9. The van der Waals surface area contributed by atoms with Gasteiger partial charge in [-0.05, 0) is 82.4 Å². The summed E-state index contributed by atoms with van der Waals surface area (Å²) in [5.41, 5.74) is 2.64. The van der Waals surface area contributed by atoms with Crippen molar-refractivity contribution in [1.82, 2.24) is 25.8 Å². The van der Waals surface area contributed by atoms with Gasteiger partial charge in [-0.25, -0.2) is 9.59 Å². The molecule has 10 nitrogen and oxygen atoms in total. The van der Waals surface area contributed by atoms with Gasteiger partial charge in [0.05, 0.1) is 0 Å². The van der Waals surface area contributed by atoms with E-state index >= 15 is 0 Å². The molecule has 4 amide bonds. The summed E-state index contributed by atoms with van der Waals surface area (Å²) in [5, 5.41) is 19.2. The number of hydrogen-bond acceptors (Lipinski definition) is 5. The Balaban J connectivity index is 1.88. The summed E-state index contributed by atoms with van der Waals surface area (Å²) in [6.45, 7) is 9.90. The molecular formula is C31H47N5O5S. The first-order valence-electron chi connectivity index (χ1n) is 14.9. The molecule has 0 spiro atoms. The second-order valence-electron chi connectivity index (χ2n) is 11.9. The maximum Gasteiger partial charge on any atom is 0.326 e. The number of rotatable bonds is 13. The topological polar surface area (TPSA) is 144 Å². The number of nitrogens with one attached hydrogen (secondary N) is 4. The molecule has 1 fully saturated rings. The Morgan fingerprint density at radius 2 is 1.62 bits per heavy atom. The minimum Gasteiger partial charge on any atom is -0.480 e. The number of para-hydroxylation sites is 1. The van der Waals surface area contributed by atoms with E-state index in [-0.39, 0.29) is 36.9 Å². The van der Waals surface area contributed by atoms with Crippen LogP contribution in [0.2, 0.25) is 0 Å². The van der Waals surface area contributed by atoms with E-state index < -0.39 is 35.9 Å². The molecule has 0 bridgehead atoms. The highest BCUT2D eigenvalue weighted by molar-refractivity contribution is 7.98. The summed E-state index contributed by atoms with van der Waals surface area (Å²) in [6, 6.07) is 4.57. The SMILES string of the molecule is CSCC[C@@H](NC(=O)[C@@H](Cc1c(C)[nH]c2ccccc12)NC(=O)[C@H](CC(C)C)NC(=O)N1[C@H](C)CCC[C@@H]1C)C(=O)O. The second-order valence-corrected chi connectivity index (χ2v) is 12.9. The number of fused-ring (bicyclic) bond motifs is 1. The predicted octanol–water partition coefficient (Wildman–Crippen LogP) is 4.21. The molecule has 1 aliphatic rings. The quantitative estimate of drug-likeness (QED) is 0.233. The number of aromatic nitrogens is 1. The number of amides is 4. The fourth-order valence-electron chi connectivity index (χ4n) is 5.80. The molecule has 0 saturated carbocycles. The first-order valence-corrected chi connectivity index (χ1v) is 16.3. The predicted molar refractivity (Wildman–Crippen MR) is 168 cm³/mol.